The molecular weight excluding hydrogens is 594 g/mol. The van der Waals surface area contributed by atoms with Crippen LogP contribution >= 0.6 is 45.2 Å². The number of H-pyrrole nitrogens is 1. The Hall–Kier alpha value is -1.45. The molecule has 0 aliphatic carbocycles. The number of nitrogens with two attached hydrogens (primary N) is 1. The lowest BCUT2D eigenvalue weighted by Gasteiger charge is -2.28. The van der Waals surface area contributed by atoms with E-state index in [0.29, 0.717) is 39.0 Å². The topological polar surface area (TPSA) is 150 Å². The Morgan fingerprint density at radius 2 is 2.07 bits per heavy atom. The third-order valence-electron chi connectivity index (χ3n) is 4.90. The van der Waals surface area contributed by atoms with Crippen molar-refractivity contribution in [3.05, 3.63) is 13.2 Å². The molecule has 12 heteroatoms. The molecule has 10 nitrogen and oxygen atoms in total. The summed E-state index contributed by atoms with van der Waals surface area (Å²) in [5.74, 6) is -1.51. The fraction of sp³-hybridized carbons (Fsp3) is 0.562. The zero-order valence-corrected chi connectivity index (χ0v) is 19.2. The zero-order valence-electron chi connectivity index (χ0n) is 14.8. The van der Waals surface area contributed by atoms with Crippen molar-refractivity contribution in [1.29, 1.82) is 0 Å². The minimum Gasteiger partial charge on any atom is -0.368 e. The molecular formula is C16H20I2N6O4. The normalized spacial score (nSPS) is 22.8. The van der Waals surface area contributed by atoms with Gasteiger partial charge in [0.15, 0.2) is 3.83 Å². The van der Waals surface area contributed by atoms with E-state index >= 15 is 0 Å². The van der Waals surface area contributed by atoms with Crippen LogP contribution in [0.2, 0.25) is 0 Å². The first-order valence-electron chi connectivity index (χ1n) is 8.85. The number of rotatable bonds is 6. The highest BCUT2D eigenvalue weighted by Gasteiger charge is 2.38. The van der Waals surface area contributed by atoms with Gasteiger partial charge in [-0.2, -0.15) is 0 Å². The first-order valence-corrected chi connectivity index (χ1v) is 11.0. The largest absolute Gasteiger partial charge is 0.368 e. The maximum absolute atomic E-state index is 13.2. The molecule has 0 bridgehead atoms. The van der Waals surface area contributed by atoms with Crippen molar-refractivity contribution in [3.63, 3.8) is 0 Å². The van der Waals surface area contributed by atoms with Crippen LogP contribution in [0.5, 0.6) is 0 Å². The van der Waals surface area contributed by atoms with Gasteiger partial charge < -0.3 is 26.3 Å². The summed E-state index contributed by atoms with van der Waals surface area (Å²) in [5.41, 5.74) is 6.15. The summed E-state index contributed by atoms with van der Waals surface area (Å²) >= 11 is 4.10. The molecule has 1 aromatic rings. The molecule has 4 amide bonds. The Balaban J connectivity index is 1.80. The third-order valence-corrected chi connectivity index (χ3v) is 6.30. The lowest BCUT2D eigenvalue weighted by Crippen LogP contribution is -2.56. The van der Waals surface area contributed by atoms with Gasteiger partial charge in [0.05, 0.1) is 5.69 Å². The summed E-state index contributed by atoms with van der Waals surface area (Å²) in [5, 5.41) is 5.35. The highest BCUT2D eigenvalue weighted by Crippen LogP contribution is 2.20. The number of amides is 4. The maximum atomic E-state index is 13.2. The second-order valence-corrected chi connectivity index (χ2v) is 8.86. The highest BCUT2D eigenvalue weighted by atomic mass is 127. The predicted molar refractivity (Wildman–Crippen MR) is 115 cm³/mol. The van der Waals surface area contributed by atoms with Crippen LogP contribution in [0, 0.1) is 7.53 Å². The molecule has 3 rings (SSSR count). The number of aromatic nitrogens is 2. The monoisotopic (exact) mass is 614 g/mol. The van der Waals surface area contributed by atoms with E-state index in [4.69, 9.17) is 5.73 Å². The summed E-state index contributed by atoms with van der Waals surface area (Å²) < 4.78 is 1.38. The van der Waals surface area contributed by atoms with Crippen molar-refractivity contribution >= 4 is 68.8 Å². The number of likely N-dealkylation sites (tertiary alicyclic amines) is 1. The molecule has 2 aliphatic rings. The minimum atomic E-state index is -0.894. The number of carbonyl (C=O) groups excluding carboxylic acids is 4. The Bertz CT molecular complexity index is 813. The molecule has 0 radical (unpaired) electrons. The number of hydrogen-bond donors (Lipinski definition) is 4. The smallest absolute Gasteiger partial charge is 0.246 e. The van der Waals surface area contributed by atoms with Gasteiger partial charge in [0.25, 0.3) is 0 Å². The van der Waals surface area contributed by atoms with Gasteiger partial charge in [-0.25, -0.2) is 4.98 Å². The van der Waals surface area contributed by atoms with Crippen LogP contribution in [0.3, 0.4) is 0 Å². The minimum absolute atomic E-state index is 0.186. The summed E-state index contributed by atoms with van der Waals surface area (Å²) in [4.78, 5) is 57.7. The second kappa shape index (κ2) is 8.92. The van der Waals surface area contributed by atoms with Crippen molar-refractivity contribution in [3.8, 4) is 0 Å². The molecule has 3 heterocycles. The number of halogens is 2. The van der Waals surface area contributed by atoms with Gasteiger partial charge in [-0.05, 0) is 64.4 Å². The zero-order chi connectivity index (χ0) is 20.4. The predicted octanol–water partition coefficient (Wildman–Crippen LogP) is -0.599. The summed E-state index contributed by atoms with van der Waals surface area (Å²) in [6.07, 6.45) is 2.06. The van der Waals surface area contributed by atoms with Gasteiger partial charge in [0.2, 0.25) is 23.6 Å². The number of carbonyl (C=O) groups is 4. The quantitative estimate of drug-likeness (QED) is 0.316. The standard InChI is InChI=1S/C16H20I2N6O4/c17-12-8(22-16(18)23-12)6-9(21-14(27)7-3-4-11(25)20-7)15(28)24-5-1-2-10(24)13(19)26/h7,9-10H,1-6H2,(H2,19,26)(H,20,25)(H,21,27)(H,22,23)/t7-,9-,10-/m0/s1. The second-order valence-electron chi connectivity index (χ2n) is 6.81. The molecule has 5 N–H and O–H groups in total. The van der Waals surface area contributed by atoms with E-state index in [0.717, 1.165) is 0 Å². The number of nitrogens with zero attached hydrogens (tertiary/aromatic N) is 2. The number of nitrogens with one attached hydrogen (secondary N) is 3. The fourth-order valence-corrected chi connectivity index (χ4v) is 5.13. The first kappa shape index (κ1) is 21.3. The molecule has 1 aromatic heterocycles. The van der Waals surface area contributed by atoms with Crippen LogP contribution in [0.15, 0.2) is 0 Å². The van der Waals surface area contributed by atoms with E-state index < -0.39 is 29.9 Å². The van der Waals surface area contributed by atoms with Gasteiger partial charge in [-0.1, -0.05) is 0 Å². The Morgan fingerprint density at radius 1 is 1.32 bits per heavy atom. The number of hydrogen-bond acceptors (Lipinski definition) is 5. The molecule has 0 aromatic carbocycles. The van der Waals surface area contributed by atoms with Gasteiger partial charge in [0, 0.05) is 19.4 Å². The molecule has 0 spiro atoms. The Kier molecular flexibility index (Phi) is 6.77. The average molecular weight is 614 g/mol. The van der Waals surface area contributed by atoms with Crippen molar-refractivity contribution < 1.29 is 19.2 Å². The lowest BCUT2D eigenvalue weighted by atomic mass is 10.1. The fourth-order valence-electron chi connectivity index (χ4n) is 3.51. The highest BCUT2D eigenvalue weighted by molar-refractivity contribution is 14.1. The lowest BCUT2D eigenvalue weighted by molar-refractivity contribution is -0.140. The molecule has 28 heavy (non-hydrogen) atoms. The van der Waals surface area contributed by atoms with Crippen LogP contribution < -0.4 is 16.4 Å². The SMILES string of the molecule is NC(=O)[C@@H]1CCCN1C(=O)[C@H](Cc1[nH]c(I)nc1I)NC(=O)[C@@H]1CCC(=O)N1. The summed E-state index contributed by atoms with van der Waals surface area (Å²) in [6.45, 7) is 0.413. The van der Waals surface area contributed by atoms with E-state index in [9.17, 15) is 19.2 Å². The Labute approximate surface area is 188 Å². The van der Waals surface area contributed by atoms with Gasteiger partial charge in [0.1, 0.15) is 21.8 Å². The van der Waals surface area contributed by atoms with Crippen LogP contribution in [0.25, 0.3) is 0 Å². The maximum Gasteiger partial charge on any atom is 0.246 e. The molecule has 0 unspecified atom stereocenters. The van der Waals surface area contributed by atoms with Gasteiger partial charge in [-0.3, -0.25) is 19.2 Å². The van der Waals surface area contributed by atoms with E-state index in [-0.39, 0.29) is 24.7 Å². The van der Waals surface area contributed by atoms with Gasteiger partial charge in [-0.15, -0.1) is 0 Å². The van der Waals surface area contributed by atoms with E-state index in [2.05, 4.69) is 43.2 Å². The van der Waals surface area contributed by atoms with E-state index in [1.165, 1.54) is 4.90 Å². The van der Waals surface area contributed by atoms with E-state index in [1.54, 1.807) is 0 Å². The Morgan fingerprint density at radius 3 is 2.64 bits per heavy atom. The third kappa shape index (κ3) is 4.75. The number of aromatic amines is 1. The summed E-state index contributed by atoms with van der Waals surface area (Å²) in [6, 6.07) is -2.22. The van der Waals surface area contributed by atoms with Crippen LogP contribution in [-0.4, -0.2) is 63.2 Å². The van der Waals surface area contributed by atoms with E-state index in [1.807, 2.05) is 22.6 Å². The molecule has 0 saturated carbocycles. The molecule has 3 atom stereocenters. The number of imidazole rings is 1. The average Bonchev–Trinajstić information content (AvgIpc) is 3.34. The van der Waals surface area contributed by atoms with Crippen LogP contribution in [0.4, 0.5) is 0 Å². The molecule has 2 fully saturated rings. The van der Waals surface area contributed by atoms with Crippen molar-refractivity contribution in [2.75, 3.05) is 6.54 Å². The molecule has 152 valence electrons. The first-order chi connectivity index (χ1) is 13.3. The number of primary amides is 1. The van der Waals surface area contributed by atoms with Crippen LogP contribution in [0.1, 0.15) is 31.4 Å². The summed E-state index contributed by atoms with van der Waals surface area (Å²) in [7, 11) is 0. The van der Waals surface area contributed by atoms with Crippen molar-refractivity contribution in [1.82, 2.24) is 25.5 Å². The molecule has 2 saturated heterocycles. The van der Waals surface area contributed by atoms with Gasteiger partial charge >= 0.3 is 0 Å². The van der Waals surface area contributed by atoms with Crippen molar-refractivity contribution in [2.45, 2.75) is 50.2 Å². The molecule has 2 aliphatic heterocycles. The van der Waals surface area contributed by atoms with Crippen molar-refractivity contribution in [2.24, 2.45) is 5.73 Å². The van der Waals surface area contributed by atoms with Crippen LogP contribution in [-0.2, 0) is 25.6 Å².